The Hall–Kier alpha value is -2.15. The summed E-state index contributed by atoms with van der Waals surface area (Å²) >= 11 is 12.8. The number of benzene rings is 1. The first-order chi connectivity index (χ1) is 12.1. The quantitative estimate of drug-likeness (QED) is 0.474. The Morgan fingerprint density at radius 1 is 1.24 bits per heavy atom. The molecule has 3 aromatic rings. The number of nitrogens with zero attached hydrogens (tertiary/aromatic N) is 2. The van der Waals surface area contributed by atoms with E-state index in [1.165, 1.54) is 16.7 Å². The highest BCUT2D eigenvalue weighted by Crippen LogP contribution is 2.33. The SMILES string of the molecule is O=C1/C(=C\c2ccc3cccc(Cl)c3n2)SC(=S)N1Cc1ccco1. The molecule has 4 nitrogen and oxygen atoms in total. The Morgan fingerprint density at radius 3 is 2.92 bits per heavy atom. The molecule has 0 unspecified atom stereocenters. The van der Waals surface area contributed by atoms with Crippen molar-refractivity contribution < 1.29 is 9.21 Å². The monoisotopic (exact) mass is 386 g/mol. The van der Waals surface area contributed by atoms with Gasteiger partial charge in [0.2, 0.25) is 0 Å². The summed E-state index contributed by atoms with van der Waals surface area (Å²) in [5, 5.41) is 1.54. The molecule has 1 aliphatic rings. The first-order valence-corrected chi connectivity index (χ1v) is 9.05. The molecule has 0 aliphatic carbocycles. The molecule has 7 heteroatoms. The highest BCUT2D eigenvalue weighted by atomic mass is 35.5. The maximum Gasteiger partial charge on any atom is 0.266 e. The van der Waals surface area contributed by atoms with Gasteiger partial charge in [0.25, 0.3) is 5.91 Å². The first-order valence-electron chi connectivity index (χ1n) is 7.45. The molecule has 1 amide bonds. The molecule has 1 aromatic carbocycles. The fourth-order valence-corrected chi connectivity index (χ4v) is 4.00. The van der Waals surface area contributed by atoms with Crippen LogP contribution < -0.4 is 0 Å². The van der Waals surface area contributed by atoms with E-state index in [0.717, 1.165) is 5.39 Å². The minimum atomic E-state index is -0.146. The maximum absolute atomic E-state index is 12.6. The number of hydrogen-bond donors (Lipinski definition) is 0. The molecule has 0 bridgehead atoms. The summed E-state index contributed by atoms with van der Waals surface area (Å²) in [5.41, 5.74) is 1.38. The summed E-state index contributed by atoms with van der Waals surface area (Å²) in [6, 6.07) is 13.0. The van der Waals surface area contributed by atoms with Gasteiger partial charge in [-0.15, -0.1) is 0 Å². The number of aromatic nitrogens is 1. The van der Waals surface area contributed by atoms with Gasteiger partial charge in [0.15, 0.2) is 0 Å². The summed E-state index contributed by atoms with van der Waals surface area (Å²) < 4.78 is 5.80. The second kappa shape index (κ2) is 6.63. The second-order valence-electron chi connectivity index (χ2n) is 5.39. The number of thiocarbonyl (C=S) groups is 1. The van der Waals surface area contributed by atoms with Crippen molar-refractivity contribution in [1.82, 2.24) is 9.88 Å². The van der Waals surface area contributed by atoms with E-state index in [0.29, 0.717) is 37.8 Å². The first kappa shape index (κ1) is 16.3. The zero-order valence-corrected chi connectivity index (χ0v) is 15.2. The predicted molar refractivity (Wildman–Crippen MR) is 104 cm³/mol. The van der Waals surface area contributed by atoms with Gasteiger partial charge in [0.05, 0.1) is 33.9 Å². The molecule has 0 spiro atoms. The van der Waals surface area contributed by atoms with E-state index in [4.69, 9.17) is 28.2 Å². The van der Waals surface area contributed by atoms with Crippen molar-refractivity contribution in [1.29, 1.82) is 0 Å². The number of carbonyl (C=O) groups is 1. The molecule has 124 valence electrons. The molecule has 0 saturated carbocycles. The standard InChI is InChI=1S/C18H11ClN2O2S2/c19-14-5-1-3-11-6-7-12(20-16(11)14)9-15-17(22)21(18(24)25-15)10-13-4-2-8-23-13/h1-9H,10H2/b15-9+. The van der Waals surface area contributed by atoms with Gasteiger partial charge in [-0.3, -0.25) is 9.69 Å². The molecule has 1 fully saturated rings. The van der Waals surface area contributed by atoms with Gasteiger partial charge in [-0.25, -0.2) is 4.98 Å². The smallest absolute Gasteiger partial charge is 0.266 e. The summed E-state index contributed by atoms with van der Waals surface area (Å²) in [4.78, 5) is 19.2. The van der Waals surface area contributed by atoms with E-state index < -0.39 is 0 Å². The van der Waals surface area contributed by atoms with Crippen molar-refractivity contribution in [2.75, 3.05) is 0 Å². The lowest BCUT2D eigenvalue weighted by Gasteiger charge is -2.11. The molecule has 3 heterocycles. The highest BCUT2D eigenvalue weighted by molar-refractivity contribution is 8.26. The van der Waals surface area contributed by atoms with Crippen LogP contribution in [-0.2, 0) is 11.3 Å². The molecular formula is C18H11ClN2O2S2. The number of rotatable bonds is 3. The van der Waals surface area contributed by atoms with Crippen molar-refractivity contribution in [2.24, 2.45) is 0 Å². The van der Waals surface area contributed by atoms with Crippen LogP contribution in [0, 0.1) is 0 Å². The number of thioether (sulfide) groups is 1. The fraction of sp³-hybridized carbons (Fsp3) is 0.0556. The number of furan rings is 1. The van der Waals surface area contributed by atoms with Crippen LogP contribution >= 0.6 is 35.6 Å². The second-order valence-corrected chi connectivity index (χ2v) is 7.48. The Balaban J connectivity index is 1.64. The van der Waals surface area contributed by atoms with E-state index >= 15 is 0 Å². The van der Waals surface area contributed by atoms with Gasteiger partial charge in [-0.1, -0.05) is 53.8 Å². The van der Waals surface area contributed by atoms with Crippen LogP contribution in [0.25, 0.3) is 17.0 Å². The zero-order chi connectivity index (χ0) is 17.4. The number of amides is 1. The zero-order valence-electron chi connectivity index (χ0n) is 12.8. The molecule has 25 heavy (non-hydrogen) atoms. The van der Waals surface area contributed by atoms with Crippen molar-refractivity contribution in [3.63, 3.8) is 0 Å². The van der Waals surface area contributed by atoms with Crippen LogP contribution in [0.2, 0.25) is 5.02 Å². The Kier molecular flexibility index (Phi) is 4.33. The van der Waals surface area contributed by atoms with E-state index in [9.17, 15) is 4.79 Å². The van der Waals surface area contributed by atoms with Gasteiger partial charge in [0.1, 0.15) is 10.1 Å². The summed E-state index contributed by atoms with van der Waals surface area (Å²) in [6.45, 7) is 0.325. The van der Waals surface area contributed by atoms with E-state index in [2.05, 4.69) is 4.98 Å². The lowest BCUT2D eigenvalue weighted by atomic mass is 10.2. The molecule has 1 saturated heterocycles. The van der Waals surface area contributed by atoms with E-state index in [-0.39, 0.29) is 5.91 Å². The van der Waals surface area contributed by atoms with Gasteiger partial charge in [0, 0.05) is 5.39 Å². The molecule has 0 radical (unpaired) electrons. The molecular weight excluding hydrogens is 376 g/mol. The van der Waals surface area contributed by atoms with Gasteiger partial charge < -0.3 is 4.42 Å². The summed E-state index contributed by atoms with van der Waals surface area (Å²) in [7, 11) is 0. The summed E-state index contributed by atoms with van der Waals surface area (Å²) in [6.07, 6.45) is 3.32. The lowest BCUT2D eigenvalue weighted by molar-refractivity contribution is -0.122. The van der Waals surface area contributed by atoms with E-state index in [1.807, 2.05) is 30.3 Å². The molecule has 0 N–H and O–H groups in total. The molecule has 2 aromatic heterocycles. The van der Waals surface area contributed by atoms with Crippen molar-refractivity contribution in [3.05, 3.63) is 70.1 Å². The van der Waals surface area contributed by atoms with Crippen molar-refractivity contribution in [3.8, 4) is 0 Å². The fourth-order valence-electron chi connectivity index (χ4n) is 2.54. The minimum absolute atomic E-state index is 0.146. The van der Waals surface area contributed by atoms with Crippen LogP contribution in [0.15, 0.2) is 58.1 Å². The van der Waals surface area contributed by atoms with Crippen LogP contribution in [0.5, 0.6) is 0 Å². The average Bonchev–Trinajstić information content (AvgIpc) is 3.20. The van der Waals surface area contributed by atoms with Crippen LogP contribution in [0.3, 0.4) is 0 Å². The summed E-state index contributed by atoms with van der Waals surface area (Å²) in [5.74, 6) is 0.542. The normalized spacial score (nSPS) is 16.4. The van der Waals surface area contributed by atoms with Crippen LogP contribution in [0.1, 0.15) is 11.5 Å². The van der Waals surface area contributed by atoms with Gasteiger partial charge in [-0.05, 0) is 30.3 Å². The predicted octanol–water partition coefficient (Wildman–Crippen LogP) is 4.88. The number of hydrogen-bond acceptors (Lipinski definition) is 5. The van der Waals surface area contributed by atoms with Crippen molar-refractivity contribution in [2.45, 2.75) is 6.54 Å². The van der Waals surface area contributed by atoms with Crippen LogP contribution in [0.4, 0.5) is 0 Å². The minimum Gasteiger partial charge on any atom is -0.467 e. The third-order valence-electron chi connectivity index (χ3n) is 3.74. The van der Waals surface area contributed by atoms with Crippen LogP contribution in [-0.4, -0.2) is 20.1 Å². The molecule has 4 rings (SSSR count). The molecule has 0 atom stereocenters. The highest BCUT2D eigenvalue weighted by Gasteiger charge is 2.32. The van der Waals surface area contributed by atoms with Gasteiger partial charge >= 0.3 is 0 Å². The number of para-hydroxylation sites is 1. The lowest BCUT2D eigenvalue weighted by Crippen LogP contribution is -2.27. The number of pyridine rings is 1. The number of fused-ring (bicyclic) bond motifs is 1. The number of halogens is 1. The maximum atomic E-state index is 12.6. The van der Waals surface area contributed by atoms with Gasteiger partial charge in [-0.2, -0.15) is 0 Å². The Morgan fingerprint density at radius 2 is 2.12 bits per heavy atom. The third kappa shape index (κ3) is 3.20. The molecule has 1 aliphatic heterocycles. The average molecular weight is 387 g/mol. The Bertz CT molecular complexity index is 1020. The van der Waals surface area contributed by atoms with Crippen molar-refractivity contribution >= 4 is 62.8 Å². The van der Waals surface area contributed by atoms with E-state index in [1.54, 1.807) is 24.5 Å². The Labute approximate surface area is 158 Å². The topological polar surface area (TPSA) is 46.3 Å². The number of carbonyl (C=O) groups excluding carboxylic acids is 1. The largest absolute Gasteiger partial charge is 0.467 e. The third-order valence-corrected chi connectivity index (χ3v) is 5.42.